The molecule has 2 aromatic carbocycles. The van der Waals surface area contributed by atoms with Crippen molar-refractivity contribution in [2.45, 2.75) is 18.6 Å². The molecule has 1 N–H and O–H groups in total. The second-order valence-electron chi connectivity index (χ2n) is 5.82. The molecule has 3 nitrogen and oxygen atoms in total. The zero-order chi connectivity index (χ0) is 15.7. The van der Waals surface area contributed by atoms with Gasteiger partial charge in [0.2, 0.25) is 0 Å². The van der Waals surface area contributed by atoms with Gasteiger partial charge < -0.3 is 14.7 Å². The van der Waals surface area contributed by atoms with Gasteiger partial charge in [-0.1, -0.05) is 36.4 Å². The van der Waals surface area contributed by atoms with Crippen molar-refractivity contribution in [1.82, 2.24) is 4.90 Å². The molecule has 0 aromatic heterocycles. The van der Waals surface area contributed by atoms with Gasteiger partial charge in [-0.15, -0.1) is 0 Å². The lowest BCUT2D eigenvalue weighted by Crippen LogP contribution is -2.29. The predicted molar refractivity (Wildman–Crippen MR) is 83.3 cm³/mol. The lowest BCUT2D eigenvalue weighted by atomic mass is 9.82. The van der Waals surface area contributed by atoms with Gasteiger partial charge in [0.05, 0.1) is 7.11 Å². The van der Waals surface area contributed by atoms with E-state index in [1.165, 1.54) is 7.11 Å². The normalized spacial score (nSPS) is 22.0. The van der Waals surface area contributed by atoms with Gasteiger partial charge in [0.15, 0.2) is 11.6 Å². The number of methoxy groups -OCH3 is 1. The van der Waals surface area contributed by atoms with E-state index in [9.17, 15) is 9.50 Å². The van der Waals surface area contributed by atoms with Crippen molar-refractivity contribution in [3.05, 3.63) is 65.0 Å². The predicted octanol–water partition coefficient (Wildman–Crippen LogP) is 2.91. The molecule has 0 saturated heterocycles. The number of hydrogen-bond donors (Lipinski definition) is 1. The number of benzene rings is 2. The van der Waals surface area contributed by atoms with Crippen LogP contribution in [0.2, 0.25) is 0 Å². The molecule has 1 aliphatic heterocycles. The second kappa shape index (κ2) is 5.71. The van der Waals surface area contributed by atoms with Crippen molar-refractivity contribution in [2.75, 3.05) is 20.7 Å². The van der Waals surface area contributed by atoms with Gasteiger partial charge in [-0.25, -0.2) is 4.39 Å². The first-order valence-electron chi connectivity index (χ1n) is 7.38. The Balaban J connectivity index is 2.22. The lowest BCUT2D eigenvalue weighted by Gasteiger charge is -2.29. The van der Waals surface area contributed by atoms with Crippen LogP contribution in [0.4, 0.5) is 4.39 Å². The van der Waals surface area contributed by atoms with Gasteiger partial charge in [-0.05, 0) is 30.7 Å². The van der Waals surface area contributed by atoms with Crippen LogP contribution in [0.15, 0.2) is 42.5 Å². The van der Waals surface area contributed by atoms with Crippen molar-refractivity contribution in [2.24, 2.45) is 0 Å². The average molecular weight is 301 g/mol. The van der Waals surface area contributed by atoms with Crippen LogP contribution < -0.4 is 4.74 Å². The molecule has 0 amide bonds. The zero-order valence-electron chi connectivity index (χ0n) is 12.8. The molecule has 1 unspecified atom stereocenters. The minimum absolute atomic E-state index is 0.212. The van der Waals surface area contributed by atoms with Crippen LogP contribution in [0, 0.1) is 5.82 Å². The van der Waals surface area contributed by atoms with Crippen molar-refractivity contribution in [1.29, 1.82) is 0 Å². The van der Waals surface area contributed by atoms with Gasteiger partial charge in [-0.2, -0.15) is 0 Å². The first kappa shape index (κ1) is 15.0. The molecule has 3 rings (SSSR count). The molecule has 1 atom stereocenters. The van der Waals surface area contributed by atoms with E-state index in [4.69, 9.17) is 4.74 Å². The van der Waals surface area contributed by atoms with E-state index >= 15 is 0 Å². The quantitative estimate of drug-likeness (QED) is 0.926. The SMILES string of the molecule is COc1ccc2c(c1F)CN(C)CCC2(O)c1ccccc1. The smallest absolute Gasteiger partial charge is 0.169 e. The highest BCUT2D eigenvalue weighted by Gasteiger charge is 2.37. The molecule has 0 saturated carbocycles. The Morgan fingerprint density at radius 3 is 2.59 bits per heavy atom. The minimum atomic E-state index is -1.19. The number of hydrogen-bond acceptors (Lipinski definition) is 3. The van der Waals surface area contributed by atoms with E-state index in [1.54, 1.807) is 12.1 Å². The van der Waals surface area contributed by atoms with Crippen molar-refractivity contribution in [3.8, 4) is 5.75 Å². The first-order chi connectivity index (χ1) is 10.6. The molecule has 0 bridgehead atoms. The Labute approximate surface area is 130 Å². The molecule has 1 aliphatic rings. The molecule has 0 aliphatic carbocycles. The van der Waals surface area contributed by atoms with Crippen LogP contribution in [0.1, 0.15) is 23.1 Å². The van der Waals surface area contributed by atoms with Gasteiger partial charge in [-0.3, -0.25) is 0 Å². The maximum absolute atomic E-state index is 14.7. The molecule has 0 spiro atoms. The van der Waals surface area contributed by atoms with Crippen LogP contribution in [-0.4, -0.2) is 30.7 Å². The molecule has 116 valence electrons. The number of ether oxygens (including phenoxy) is 1. The van der Waals surface area contributed by atoms with Gasteiger partial charge in [0, 0.05) is 18.7 Å². The summed E-state index contributed by atoms with van der Waals surface area (Å²) in [6.07, 6.45) is 0.520. The van der Waals surface area contributed by atoms with E-state index in [0.29, 0.717) is 30.6 Å². The first-order valence-corrected chi connectivity index (χ1v) is 7.38. The van der Waals surface area contributed by atoms with Crippen molar-refractivity contribution in [3.63, 3.8) is 0 Å². The highest BCUT2D eigenvalue weighted by molar-refractivity contribution is 5.46. The summed E-state index contributed by atoms with van der Waals surface area (Å²) in [5.74, 6) is -0.174. The van der Waals surface area contributed by atoms with E-state index in [0.717, 1.165) is 5.56 Å². The molecular weight excluding hydrogens is 281 g/mol. The Bertz CT molecular complexity index is 674. The summed E-state index contributed by atoms with van der Waals surface area (Å²) in [6, 6.07) is 12.8. The third-order valence-corrected chi connectivity index (χ3v) is 4.41. The molecule has 2 aromatic rings. The summed E-state index contributed by atoms with van der Waals surface area (Å²) in [6.45, 7) is 1.13. The Kier molecular flexibility index (Phi) is 3.89. The maximum atomic E-state index is 14.7. The van der Waals surface area contributed by atoms with Crippen LogP contribution in [-0.2, 0) is 12.1 Å². The Hall–Kier alpha value is -1.91. The lowest BCUT2D eigenvalue weighted by molar-refractivity contribution is 0.0663. The molecule has 0 radical (unpaired) electrons. The fraction of sp³-hybridized carbons (Fsp3) is 0.333. The van der Waals surface area contributed by atoms with Crippen molar-refractivity contribution < 1.29 is 14.2 Å². The standard InChI is InChI=1S/C18H20FNO2/c1-20-11-10-18(21,13-6-4-3-5-7-13)15-8-9-16(22-2)17(19)14(15)12-20/h3-9,21H,10-12H2,1-2H3. The summed E-state index contributed by atoms with van der Waals surface area (Å²) in [5.41, 5.74) is 0.734. The molecule has 1 heterocycles. The number of halogens is 1. The van der Waals surface area contributed by atoms with Gasteiger partial charge >= 0.3 is 0 Å². The third kappa shape index (κ3) is 2.38. The molecule has 4 heteroatoms. The largest absolute Gasteiger partial charge is 0.494 e. The number of nitrogens with zero attached hydrogens (tertiary/aromatic N) is 1. The zero-order valence-corrected chi connectivity index (χ0v) is 12.8. The fourth-order valence-electron chi connectivity index (χ4n) is 3.15. The molecular formula is C18H20FNO2. The minimum Gasteiger partial charge on any atom is -0.494 e. The van der Waals surface area contributed by atoms with E-state index in [2.05, 4.69) is 0 Å². The van der Waals surface area contributed by atoms with Crippen LogP contribution in [0.5, 0.6) is 5.75 Å². The number of aliphatic hydroxyl groups is 1. The van der Waals surface area contributed by atoms with Crippen LogP contribution >= 0.6 is 0 Å². The third-order valence-electron chi connectivity index (χ3n) is 4.41. The molecule has 22 heavy (non-hydrogen) atoms. The second-order valence-corrected chi connectivity index (χ2v) is 5.82. The van der Waals surface area contributed by atoms with E-state index < -0.39 is 5.60 Å². The summed E-state index contributed by atoms with van der Waals surface area (Å²) in [4.78, 5) is 2.02. The van der Waals surface area contributed by atoms with Gasteiger partial charge in [0.1, 0.15) is 5.60 Å². The summed E-state index contributed by atoms with van der Waals surface area (Å²) < 4.78 is 19.8. The Morgan fingerprint density at radius 2 is 1.91 bits per heavy atom. The van der Waals surface area contributed by atoms with Crippen LogP contribution in [0.3, 0.4) is 0 Å². The fourth-order valence-corrected chi connectivity index (χ4v) is 3.15. The highest BCUT2D eigenvalue weighted by Crippen LogP contribution is 2.40. The van der Waals surface area contributed by atoms with E-state index in [1.807, 2.05) is 42.3 Å². The summed E-state index contributed by atoms with van der Waals surface area (Å²) in [5, 5.41) is 11.3. The molecule has 0 fully saturated rings. The van der Waals surface area contributed by atoms with Crippen LogP contribution in [0.25, 0.3) is 0 Å². The average Bonchev–Trinajstić information content (AvgIpc) is 2.68. The van der Waals surface area contributed by atoms with E-state index in [-0.39, 0.29) is 11.6 Å². The Morgan fingerprint density at radius 1 is 1.18 bits per heavy atom. The number of rotatable bonds is 2. The highest BCUT2D eigenvalue weighted by atomic mass is 19.1. The monoisotopic (exact) mass is 301 g/mol. The number of fused-ring (bicyclic) bond motifs is 1. The summed E-state index contributed by atoms with van der Waals surface area (Å²) >= 11 is 0. The van der Waals surface area contributed by atoms with Gasteiger partial charge in [0.25, 0.3) is 0 Å². The topological polar surface area (TPSA) is 32.7 Å². The summed E-state index contributed by atoms with van der Waals surface area (Å²) in [7, 11) is 3.38. The maximum Gasteiger partial charge on any atom is 0.169 e. The van der Waals surface area contributed by atoms with Crippen molar-refractivity contribution >= 4 is 0 Å².